The Morgan fingerprint density at radius 1 is 1.19 bits per heavy atom. The Kier molecular flexibility index (Phi) is 6.51. The van der Waals surface area contributed by atoms with Crippen molar-refractivity contribution in [2.75, 3.05) is 13.1 Å². The molecule has 1 unspecified atom stereocenters. The summed E-state index contributed by atoms with van der Waals surface area (Å²) in [5.74, 6) is 0.729. The summed E-state index contributed by atoms with van der Waals surface area (Å²) in [5.41, 5.74) is 1.38. The van der Waals surface area contributed by atoms with Crippen LogP contribution in [-0.2, 0) is 6.42 Å². The van der Waals surface area contributed by atoms with Gasteiger partial charge in [-0.3, -0.25) is 0 Å². The van der Waals surface area contributed by atoms with Crippen LogP contribution in [-0.4, -0.2) is 13.1 Å². The summed E-state index contributed by atoms with van der Waals surface area (Å²) >= 11 is 5.87. The molecule has 0 aliphatic carbocycles. The molecule has 0 radical (unpaired) electrons. The van der Waals surface area contributed by atoms with Crippen molar-refractivity contribution < 1.29 is 0 Å². The Hall–Kier alpha value is -0.530. The Morgan fingerprint density at radius 3 is 2.44 bits per heavy atom. The van der Waals surface area contributed by atoms with Gasteiger partial charge in [0.05, 0.1) is 0 Å². The molecule has 0 aromatic heterocycles. The van der Waals surface area contributed by atoms with E-state index in [9.17, 15) is 0 Å². The minimum absolute atomic E-state index is 0.729. The summed E-state index contributed by atoms with van der Waals surface area (Å²) in [6, 6.07) is 8.21. The molecule has 1 nitrogen and oxygen atoms in total. The topological polar surface area (TPSA) is 12.0 Å². The Morgan fingerprint density at radius 2 is 1.88 bits per heavy atom. The van der Waals surface area contributed by atoms with Crippen LogP contribution in [0.5, 0.6) is 0 Å². The molecule has 90 valence electrons. The summed E-state index contributed by atoms with van der Waals surface area (Å²) in [6.45, 7) is 6.70. The van der Waals surface area contributed by atoms with Crippen molar-refractivity contribution in [2.24, 2.45) is 5.92 Å². The number of nitrogens with one attached hydrogen (secondary N) is 1. The zero-order chi connectivity index (χ0) is 11.8. The largest absolute Gasteiger partial charge is 0.316 e. The molecule has 0 aliphatic heterocycles. The molecule has 1 atom stereocenters. The fraction of sp³-hybridized carbons (Fsp3) is 0.571. The molecule has 0 fully saturated rings. The highest BCUT2D eigenvalue weighted by Crippen LogP contribution is 2.14. The van der Waals surface area contributed by atoms with Crippen LogP contribution in [0.4, 0.5) is 0 Å². The van der Waals surface area contributed by atoms with Crippen LogP contribution in [0.1, 0.15) is 32.3 Å². The third-order valence-electron chi connectivity index (χ3n) is 2.87. The average Bonchev–Trinajstić information content (AvgIpc) is 2.31. The molecule has 0 aliphatic rings. The minimum Gasteiger partial charge on any atom is -0.316 e. The zero-order valence-corrected chi connectivity index (χ0v) is 11.1. The summed E-state index contributed by atoms with van der Waals surface area (Å²) in [6.07, 6.45) is 3.57. The molecular weight excluding hydrogens is 218 g/mol. The van der Waals surface area contributed by atoms with E-state index in [1.165, 1.54) is 18.4 Å². The first-order valence-electron chi connectivity index (χ1n) is 6.21. The molecule has 1 N–H and O–H groups in total. The maximum absolute atomic E-state index is 5.87. The van der Waals surface area contributed by atoms with Crippen LogP contribution < -0.4 is 5.32 Å². The van der Waals surface area contributed by atoms with Crippen molar-refractivity contribution >= 4 is 11.6 Å². The smallest absolute Gasteiger partial charge is 0.0406 e. The lowest BCUT2D eigenvalue weighted by atomic mass is 9.97. The van der Waals surface area contributed by atoms with Crippen LogP contribution in [0, 0.1) is 5.92 Å². The molecule has 16 heavy (non-hydrogen) atoms. The predicted molar refractivity (Wildman–Crippen MR) is 72.1 cm³/mol. The molecule has 2 heteroatoms. The molecule has 0 bridgehead atoms. The zero-order valence-electron chi connectivity index (χ0n) is 10.3. The third-order valence-corrected chi connectivity index (χ3v) is 3.13. The van der Waals surface area contributed by atoms with E-state index in [-0.39, 0.29) is 0 Å². The summed E-state index contributed by atoms with van der Waals surface area (Å²) in [5, 5.41) is 4.31. The van der Waals surface area contributed by atoms with Gasteiger partial charge in [0.15, 0.2) is 0 Å². The van der Waals surface area contributed by atoms with E-state index >= 15 is 0 Å². The van der Waals surface area contributed by atoms with Crippen LogP contribution in [0.15, 0.2) is 24.3 Å². The number of benzene rings is 1. The molecule has 0 saturated heterocycles. The quantitative estimate of drug-likeness (QED) is 0.712. The maximum atomic E-state index is 5.87. The number of rotatable bonds is 7. The lowest BCUT2D eigenvalue weighted by Gasteiger charge is -2.15. The lowest BCUT2D eigenvalue weighted by molar-refractivity contribution is 0.460. The monoisotopic (exact) mass is 239 g/mol. The molecule has 0 saturated carbocycles. The Bertz CT molecular complexity index is 281. The van der Waals surface area contributed by atoms with E-state index in [4.69, 9.17) is 11.6 Å². The summed E-state index contributed by atoms with van der Waals surface area (Å²) < 4.78 is 0. The van der Waals surface area contributed by atoms with E-state index in [1.54, 1.807) is 0 Å². The summed E-state index contributed by atoms with van der Waals surface area (Å²) in [7, 11) is 0. The number of hydrogen-bond acceptors (Lipinski definition) is 1. The normalized spacial score (nSPS) is 12.7. The first kappa shape index (κ1) is 13.5. The molecule has 0 amide bonds. The van der Waals surface area contributed by atoms with Crippen molar-refractivity contribution in [3.63, 3.8) is 0 Å². The van der Waals surface area contributed by atoms with Gasteiger partial charge < -0.3 is 5.32 Å². The highest BCUT2D eigenvalue weighted by molar-refractivity contribution is 6.30. The molecule has 0 heterocycles. The maximum Gasteiger partial charge on any atom is 0.0406 e. The SMILES string of the molecule is CCCNCC(CC)Cc1ccc(Cl)cc1. The van der Waals surface area contributed by atoms with Crippen LogP contribution in [0.3, 0.4) is 0 Å². The highest BCUT2D eigenvalue weighted by atomic mass is 35.5. The van der Waals surface area contributed by atoms with Gasteiger partial charge in [-0.05, 0) is 49.5 Å². The first-order valence-corrected chi connectivity index (χ1v) is 6.59. The van der Waals surface area contributed by atoms with Crippen LogP contribution >= 0.6 is 11.6 Å². The van der Waals surface area contributed by atoms with Crippen LogP contribution in [0.2, 0.25) is 5.02 Å². The molecule has 1 aromatic rings. The fourth-order valence-electron chi connectivity index (χ4n) is 1.80. The van der Waals surface area contributed by atoms with E-state index < -0.39 is 0 Å². The second-order valence-corrected chi connectivity index (χ2v) is 4.75. The average molecular weight is 240 g/mol. The van der Waals surface area contributed by atoms with Gasteiger partial charge in [0.2, 0.25) is 0 Å². The molecule has 0 spiro atoms. The molecule has 1 aromatic carbocycles. The van der Waals surface area contributed by atoms with Crippen molar-refractivity contribution in [2.45, 2.75) is 33.1 Å². The van der Waals surface area contributed by atoms with Gasteiger partial charge in [0, 0.05) is 5.02 Å². The van der Waals surface area contributed by atoms with Gasteiger partial charge in [-0.25, -0.2) is 0 Å². The van der Waals surface area contributed by atoms with Gasteiger partial charge in [-0.1, -0.05) is 44.0 Å². The standard InChI is InChI=1S/C14H22ClN/c1-3-9-16-11-12(4-2)10-13-5-7-14(15)8-6-13/h5-8,12,16H,3-4,9-11H2,1-2H3. The fourth-order valence-corrected chi connectivity index (χ4v) is 1.92. The second kappa shape index (κ2) is 7.70. The second-order valence-electron chi connectivity index (χ2n) is 4.31. The lowest BCUT2D eigenvalue weighted by Crippen LogP contribution is -2.24. The van der Waals surface area contributed by atoms with E-state index in [0.29, 0.717) is 0 Å². The number of halogens is 1. The van der Waals surface area contributed by atoms with Crippen LogP contribution in [0.25, 0.3) is 0 Å². The summed E-state index contributed by atoms with van der Waals surface area (Å²) in [4.78, 5) is 0. The van der Waals surface area contributed by atoms with E-state index in [2.05, 4.69) is 31.3 Å². The van der Waals surface area contributed by atoms with Crippen molar-refractivity contribution in [3.05, 3.63) is 34.9 Å². The van der Waals surface area contributed by atoms with Gasteiger partial charge in [-0.15, -0.1) is 0 Å². The third kappa shape index (κ3) is 5.00. The van der Waals surface area contributed by atoms with Crippen molar-refractivity contribution in [1.29, 1.82) is 0 Å². The molecule has 1 rings (SSSR count). The highest BCUT2D eigenvalue weighted by Gasteiger charge is 2.06. The van der Waals surface area contributed by atoms with Gasteiger partial charge >= 0.3 is 0 Å². The van der Waals surface area contributed by atoms with Gasteiger partial charge in [0.1, 0.15) is 0 Å². The van der Waals surface area contributed by atoms with Crippen molar-refractivity contribution in [3.8, 4) is 0 Å². The molecular formula is C14H22ClN. The predicted octanol–water partition coefficient (Wildman–Crippen LogP) is 3.91. The van der Waals surface area contributed by atoms with Crippen molar-refractivity contribution in [1.82, 2.24) is 5.32 Å². The number of hydrogen-bond donors (Lipinski definition) is 1. The van der Waals surface area contributed by atoms with E-state index in [1.807, 2.05) is 12.1 Å². The van der Waals surface area contributed by atoms with Gasteiger partial charge in [0.25, 0.3) is 0 Å². The van der Waals surface area contributed by atoms with E-state index in [0.717, 1.165) is 30.5 Å². The van der Waals surface area contributed by atoms with Gasteiger partial charge in [-0.2, -0.15) is 0 Å². The minimum atomic E-state index is 0.729. The Labute approximate surface area is 104 Å². The first-order chi connectivity index (χ1) is 7.76. The Balaban J connectivity index is 2.40.